The van der Waals surface area contributed by atoms with Crippen LogP contribution in [0.3, 0.4) is 0 Å². The second kappa shape index (κ2) is 8.44. The fourth-order valence-corrected chi connectivity index (χ4v) is 5.25. The molecule has 0 spiro atoms. The molecule has 0 atom stereocenters. The summed E-state index contributed by atoms with van der Waals surface area (Å²) in [5.74, 6) is 0. The molecule has 156 valence electrons. The third-order valence-electron chi connectivity index (χ3n) is 7.01. The number of para-hydroxylation sites is 1. The molecule has 4 heteroatoms. The maximum absolute atomic E-state index is 4.87. The predicted molar refractivity (Wildman–Crippen MR) is 123 cm³/mol. The highest BCUT2D eigenvalue weighted by molar-refractivity contribution is 5.83. The van der Waals surface area contributed by atoms with Crippen LogP contribution in [-0.4, -0.2) is 23.1 Å². The molecule has 0 bridgehead atoms. The van der Waals surface area contributed by atoms with E-state index in [2.05, 4.69) is 48.7 Å². The van der Waals surface area contributed by atoms with E-state index in [0.29, 0.717) is 0 Å². The van der Waals surface area contributed by atoms with E-state index in [1.54, 1.807) is 5.56 Å². The third kappa shape index (κ3) is 3.63. The molecule has 2 aliphatic heterocycles. The average molecular weight is 401 g/mol. The highest BCUT2D eigenvalue weighted by atomic mass is 14.9. The summed E-state index contributed by atoms with van der Waals surface area (Å²) in [6.45, 7) is 8.64. The summed E-state index contributed by atoms with van der Waals surface area (Å²) in [5.41, 5.74) is 12.6. The van der Waals surface area contributed by atoms with Crippen LogP contribution in [0.25, 0.3) is 10.9 Å². The fraction of sp³-hybridized carbons (Fsp3) is 0.462. The van der Waals surface area contributed by atoms with Crippen molar-refractivity contribution in [1.82, 2.24) is 20.6 Å². The van der Waals surface area contributed by atoms with Crippen LogP contribution in [0.15, 0.2) is 24.3 Å². The molecule has 1 aliphatic carbocycles. The second-order valence-electron chi connectivity index (χ2n) is 8.83. The van der Waals surface area contributed by atoms with Gasteiger partial charge >= 0.3 is 0 Å². The van der Waals surface area contributed by atoms with Crippen molar-refractivity contribution in [2.24, 2.45) is 0 Å². The topological polar surface area (TPSA) is 49.8 Å². The lowest BCUT2D eigenvalue weighted by atomic mass is 9.88. The van der Waals surface area contributed by atoms with Crippen LogP contribution < -0.4 is 10.6 Å². The van der Waals surface area contributed by atoms with E-state index in [-0.39, 0.29) is 0 Å². The Morgan fingerprint density at radius 3 is 2.10 bits per heavy atom. The van der Waals surface area contributed by atoms with Crippen molar-refractivity contribution in [2.75, 3.05) is 13.1 Å². The van der Waals surface area contributed by atoms with Gasteiger partial charge < -0.3 is 10.6 Å². The van der Waals surface area contributed by atoms with Crippen LogP contribution in [0.2, 0.25) is 0 Å². The van der Waals surface area contributed by atoms with Gasteiger partial charge in [-0.15, -0.1) is 0 Å². The maximum Gasteiger partial charge on any atom is 0.0708 e. The molecule has 0 unspecified atom stereocenters. The Hall–Kier alpha value is -2.30. The highest BCUT2D eigenvalue weighted by Gasteiger charge is 2.20. The Balaban J connectivity index is 0.000000128. The van der Waals surface area contributed by atoms with Crippen LogP contribution >= 0.6 is 0 Å². The predicted octanol–water partition coefficient (Wildman–Crippen LogP) is 4.10. The number of nitrogens with zero attached hydrogens (tertiary/aromatic N) is 2. The van der Waals surface area contributed by atoms with Crippen molar-refractivity contribution in [3.05, 3.63) is 69.2 Å². The first kappa shape index (κ1) is 19.7. The van der Waals surface area contributed by atoms with Gasteiger partial charge in [-0.25, -0.2) is 0 Å². The highest BCUT2D eigenvalue weighted by Crippen LogP contribution is 2.28. The van der Waals surface area contributed by atoms with E-state index in [9.17, 15) is 0 Å². The molecule has 3 aromatic rings. The molecule has 0 fully saturated rings. The smallest absolute Gasteiger partial charge is 0.0708 e. The average Bonchev–Trinajstić information content (AvgIpc) is 2.80. The lowest BCUT2D eigenvalue weighted by Gasteiger charge is -2.25. The molecule has 0 saturated heterocycles. The Kier molecular flexibility index (Phi) is 5.53. The minimum absolute atomic E-state index is 0.971. The van der Waals surface area contributed by atoms with Crippen molar-refractivity contribution in [3.8, 4) is 0 Å². The Bertz CT molecular complexity index is 1050. The summed E-state index contributed by atoms with van der Waals surface area (Å²) < 4.78 is 0. The normalized spacial score (nSPS) is 17.4. The molecule has 4 nitrogen and oxygen atoms in total. The van der Waals surface area contributed by atoms with Crippen LogP contribution in [0, 0.1) is 13.8 Å². The van der Waals surface area contributed by atoms with E-state index >= 15 is 0 Å². The first-order chi connectivity index (χ1) is 14.7. The quantitative estimate of drug-likeness (QED) is 0.596. The van der Waals surface area contributed by atoms with Crippen molar-refractivity contribution < 1.29 is 0 Å². The summed E-state index contributed by atoms with van der Waals surface area (Å²) in [6, 6.07) is 8.40. The van der Waals surface area contributed by atoms with Gasteiger partial charge in [0.2, 0.25) is 0 Å². The molecule has 3 aliphatic rings. The minimum Gasteiger partial charge on any atom is -0.312 e. The lowest BCUT2D eigenvalue weighted by Crippen LogP contribution is -2.27. The standard InChI is InChI=1S/C13H18N2.C13H14N2/c2*1-9-10-4-2-3-5-12(10)15-13-6-7-14-8-11(9)13/h14H,2-8H2,1H3;2-5,14H,6-8H2,1H3. The van der Waals surface area contributed by atoms with Gasteiger partial charge in [0.15, 0.2) is 0 Å². The van der Waals surface area contributed by atoms with Crippen LogP contribution in [0.4, 0.5) is 0 Å². The van der Waals surface area contributed by atoms with E-state index in [0.717, 1.165) is 44.5 Å². The largest absolute Gasteiger partial charge is 0.312 e. The number of aryl methyl sites for hydroxylation is 2. The number of nitrogens with one attached hydrogen (secondary N) is 2. The SMILES string of the molecule is Cc1c2c(nc3c1CNCC3)CCCC2.Cc1c2c(nc3ccccc13)CCNC2. The zero-order valence-electron chi connectivity index (χ0n) is 18.3. The van der Waals surface area contributed by atoms with Crippen molar-refractivity contribution in [1.29, 1.82) is 0 Å². The van der Waals surface area contributed by atoms with Crippen LogP contribution in [-0.2, 0) is 38.8 Å². The van der Waals surface area contributed by atoms with Gasteiger partial charge in [-0.3, -0.25) is 9.97 Å². The Morgan fingerprint density at radius 2 is 1.30 bits per heavy atom. The Morgan fingerprint density at radius 1 is 0.667 bits per heavy atom. The van der Waals surface area contributed by atoms with E-state index < -0.39 is 0 Å². The molecule has 2 N–H and O–H groups in total. The second-order valence-corrected chi connectivity index (χ2v) is 8.83. The number of hydrogen-bond acceptors (Lipinski definition) is 4. The number of fused-ring (bicyclic) bond motifs is 4. The van der Waals surface area contributed by atoms with Gasteiger partial charge in [0.1, 0.15) is 0 Å². The fourth-order valence-electron chi connectivity index (χ4n) is 5.25. The maximum atomic E-state index is 4.87. The molecular formula is C26H32N4. The summed E-state index contributed by atoms with van der Waals surface area (Å²) >= 11 is 0. The van der Waals surface area contributed by atoms with Crippen molar-refractivity contribution in [2.45, 2.75) is 65.5 Å². The summed E-state index contributed by atoms with van der Waals surface area (Å²) in [6.07, 6.45) is 7.31. The van der Waals surface area contributed by atoms with Gasteiger partial charge in [0, 0.05) is 61.5 Å². The van der Waals surface area contributed by atoms with Gasteiger partial charge in [-0.1, -0.05) is 18.2 Å². The molecule has 6 rings (SSSR count). The van der Waals surface area contributed by atoms with E-state index in [1.165, 1.54) is 70.4 Å². The van der Waals surface area contributed by atoms with E-state index in [1.807, 2.05) is 0 Å². The van der Waals surface area contributed by atoms with Crippen molar-refractivity contribution in [3.63, 3.8) is 0 Å². The first-order valence-corrected chi connectivity index (χ1v) is 11.5. The number of rotatable bonds is 0. The number of pyridine rings is 2. The molecule has 1 aromatic carbocycles. The van der Waals surface area contributed by atoms with Crippen molar-refractivity contribution >= 4 is 10.9 Å². The molecular weight excluding hydrogens is 368 g/mol. The molecule has 0 saturated carbocycles. The first-order valence-electron chi connectivity index (χ1n) is 11.5. The molecule has 4 heterocycles. The zero-order valence-corrected chi connectivity index (χ0v) is 18.3. The third-order valence-corrected chi connectivity index (χ3v) is 7.01. The molecule has 30 heavy (non-hydrogen) atoms. The Labute approximate surface area is 179 Å². The van der Waals surface area contributed by atoms with Crippen LogP contribution in [0.5, 0.6) is 0 Å². The number of hydrogen-bond donors (Lipinski definition) is 2. The van der Waals surface area contributed by atoms with Gasteiger partial charge in [0.05, 0.1) is 5.52 Å². The summed E-state index contributed by atoms with van der Waals surface area (Å²) in [5, 5.41) is 8.15. The monoisotopic (exact) mass is 400 g/mol. The zero-order chi connectivity index (χ0) is 20.5. The van der Waals surface area contributed by atoms with Gasteiger partial charge in [0.25, 0.3) is 0 Å². The van der Waals surface area contributed by atoms with Crippen LogP contribution in [0.1, 0.15) is 57.7 Å². The summed E-state index contributed by atoms with van der Waals surface area (Å²) in [7, 11) is 0. The van der Waals surface area contributed by atoms with Gasteiger partial charge in [-0.2, -0.15) is 0 Å². The lowest BCUT2D eigenvalue weighted by molar-refractivity contribution is 0.601. The molecule has 0 radical (unpaired) electrons. The van der Waals surface area contributed by atoms with Gasteiger partial charge in [-0.05, 0) is 73.4 Å². The number of aromatic nitrogens is 2. The van der Waals surface area contributed by atoms with E-state index in [4.69, 9.17) is 9.97 Å². The summed E-state index contributed by atoms with van der Waals surface area (Å²) in [4.78, 5) is 9.61. The minimum atomic E-state index is 0.971. The number of benzene rings is 1. The molecule has 2 aromatic heterocycles. The molecule has 0 amide bonds.